The normalized spacial score (nSPS) is 12.0. The Kier molecular flexibility index (Phi) is 5.60. The lowest BCUT2D eigenvalue weighted by atomic mass is 10.2. The molecule has 5 aromatic rings. The molecule has 0 aliphatic carbocycles. The van der Waals surface area contributed by atoms with Crippen LogP contribution in [0.2, 0.25) is 0 Å². The van der Waals surface area contributed by atoms with E-state index in [-0.39, 0.29) is 5.56 Å². The number of thiazole rings is 1. The van der Waals surface area contributed by atoms with Gasteiger partial charge in [-0.2, -0.15) is 0 Å². The molecule has 2 aromatic heterocycles. The second-order valence-corrected chi connectivity index (χ2v) is 8.58. The van der Waals surface area contributed by atoms with Crippen LogP contribution >= 0.6 is 11.3 Å². The third kappa shape index (κ3) is 4.22. The van der Waals surface area contributed by atoms with E-state index < -0.39 is 0 Å². The van der Waals surface area contributed by atoms with Crippen molar-refractivity contribution >= 4 is 33.4 Å². The summed E-state index contributed by atoms with van der Waals surface area (Å²) in [6.07, 6.45) is 2.69. The minimum absolute atomic E-state index is 0.0346. The van der Waals surface area contributed by atoms with Crippen LogP contribution in [0.5, 0.6) is 11.5 Å². The molecule has 0 spiro atoms. The Morgan fingerprint density at radius 1 is 0.906 bits per heavy atom. The highest BCUT2D eigenvalue weighted by molar-refractivity contribution is 7.15. The summed E-state index contributed by atoms with van der Waals surface area (Å²) in [5.74, 6) is 1.68. The molecule has 5 nitrogen and oxygen atoms in total. The molecular formula is C26H22N2O3S. The number of hydrogen-bond donors (Lipinski definition) is 0. The lowest BCUT2D eigenvalue weighted by molar-refractivity contribution is 0.247. The summed E-state index contributed by atoms with van der Waals surface area (Å²) in [5.41, 5.74) is 3.82. The molecule has 160 valence electrons. The van der Waals surface area contributed by atoms with Crippen LogP contribution in [-0.4, -0.2) is 22.6 Å². The molecule has 0 N–H and O–H groups in total. The van der Waals surface area contributed by atoms with Crippen molar-refractivity contribution in [3.8, 4) is 11.5 Å². The van der Waals surface area contributed by atoms with E-state index in [0.717, 1.165) is 39.5 Å². The van der Waals surface area contributed by atoms with Gasteiger partial charge in [-0.05, 0) is 55.0 Å². The van der Waals surface area contributed by atoms with E-state index in [2.05, 4.69) is 11.9 Å². The van der Waals surface area contributed by atoms with Gasteiger partial charge in [-0.3, -0.25) is 4.79 Å². The Morgan fingerprint density at radius 3 is 2.28 bits per heavy atom. The van der Waals surface area contributed by atoms with Gasteiger partial charge in [0.25, 0.3) is 5.56 Å². The molecule has 0 radical (unpaired) electrons. The lowest BCUT2D eigenvalue weighted by Gasteiger charge is -2.08. The number of hydrogen-bond acceptors (Lipinski definition) is 5. The third-order valence-electron chi connectivity index (χ3n) is 5.17. The average molecular weight is 443 g/mol. The van der Waals surface area contributed by atoms with Gasteiger partial charge in [-0.1, -0.05) is 53.3 Å². The van der Waals surface area contributed by atoms with Gasteiger partial charge >= 0.3 is 0 Å². The molecule has 0 atom stereocenters. The van der Waals surface area contributed by atoms with E-state index in [1.165, 1.54) is 16.9 Å². The average Bonchev–Trinajstić information content (AvgIpc) is 3.32. The first-order chi connectivity index (χ1) is 15.7. The molecule has 5 rings (SSSR count). The maximum atomic E-state index is 12.9. The summed E-state index contributed by atoms with van der Waals surface area (Å²) in [4.78, 5) is 18.1. The highest BCUT2D eigenvalue weighted by Crippen LogP contribution is 2.17. The number of fused-ring (bicyclic) bond motifs is 3. The summed E-state index contributed by atoms with van der Waals surface area (Å²) in [6.45, 7) is 3.24. The first-order valence-corrected chi connectivity index (χ1v) is 11.3. The first kappa shape index (κ1) is 20.3. The van der Waals surface area contributed by atoms with Gasteiger partial charge in [0.1, 0.15) is 11.5 Å². The minimum Gasteiger partial charge on any atom is -0.493 e. The zero-order chi connectivity index (χ0) is 21.9. The van der Waals surface area contributed by atoms with Crippen molar-refractivity contribution in [3.05, 3.63) is 98.8 Å². The second-order valence-electron chi connectivity index (χ2n) is 7.57. The van der Waals surface area contributed by atoms with Crippen LogP contribution < -0.4 is 19.6 Å². The minimum atomic E-state index is -0.0346. The molecule has 0 fully saturated rings. The summed E-state index contributed by atoms with van der Waals surface area (Å²) in [7, 11) is 0. The number of benzene rings is 3. The van der Waals surface area contributed by atoms with Crippen LogP contribution in [0, 0.1) is 6.92 Å². The fourth-order valence-electron chi connectivity index (χ4n) is 3.50. The number of imidazole rings is 1. The number of nitrogens with zero attached hydrogens (tertiary/aromatic N) is 2. The monoisotopic (exact) mass is 442 g/mol. The Bertz CT molecular complexity index is 1470. The van der Waals surface area contributed by atoms with E-state index in [4.69, 9.17) is 9.47 Å². The Balaban J connectivity index is 1.21. The topological polar surface area (TPSA) is 52.8 Å². The molecule has 0 saturated heterocycles. The highest BCUT2D eigenvalue weighted by atomic mass is 32.1. The van der Waals surface area contributed by atoms with Crippen molar-refractivity contribution in [3.63, 3.8) is 0 Å². The van der Waals surface area contributed by atoms with Crippen molar-refractivity contribution in [1.29, 1.82) is 0 Å². The van der Waals surface area contributed by atoms with Gasteiger partial charge in [-0.25, -0.2) is 9.38 Å². The molecule has 0 bridgehead atoms. The van der Waals surface area contributed by atoms with Crippen LogP contribution in [0.25, 0.3) is 22.1 Å². The summed E-state index contributed by atoms with van der Waals surface area (Å²) < 4.78 is 13.9. The van der Waals surface area contributed by atoms with Crippen LogP contribution in [0.15, 0.2) is 77.6 Å². The number of aryl methyl sites for hydroxylation is 1. The fourth-order valence-corrected chi connectivity index (χ4v) is 4.48. The molecule has 0 amide bonds. The summed E-state index contributed by atoms with van der Waals surface area (Å²) >= 11 is 1.41. The van der Waals surface area contributed by atoms with Gasteiger partial charge in [0.2, 0.25) is 0 Å². The molecule has 0 saturated carbocycles. The molecule has 32 heavy (non-hydrogen) atoms. The number of para-hydroxylation sites is 2. The van der Waals surface area contributed by atoms with Crippen molar-refractivity contribution in [2.45, 2.75) is 13.3 Å². The van der Waals surface area contributed by atoms with Crippen LogP contribution in [0.3, 0.4) is 0 Å². The van der Waals surface area contributed by atoms with Gasteiger partial charge in [0.05, 0.1) is 28.8 Å². The Hall–Kier alpha value is -3.64. The number of ether oxygens (including phenoxy) is 2. The first-order valence-electron chi connectivity index (χ1n) is 10.5. The molecule has 0 aliphatic rings. The quantitative estimate of drug-likeness (QED) is 0.345. The molecular weight excluding hydrogens is 420 g/mol. The predicted octanol–water partition coefficient (Wildman–Crippen LogP) is 4.61. The largest absolute Gasteiger partial charge is 0.493 e. The van der Waals surface area contributed by atoms with Crippen molar-refractivity contribution in [2.75, 3.05) is 13.2 Å². The maximum Gasteiger partial charge on any atom is 0.274 e. The predicted molar refractivity (Wildman–Crippen MR) is 129 cm³/mol. The van der Waals surface area contributed by atoms with Crippen LogP contribution in [0.1, 0.15) is 17.5 Å². The SMILES string of the molecule is Cc1ccc(OCCCOc2ccc(/C=c3\sc4nc5ccccc5n4c3=O)cc2)cc1. The van der Waals surface area contributed by atoms with Crippen molar-refractivity contribution < 1.29 is 9.47 Å². The van der Waals surface area contributed by atoms with Gasteiger partial charge in [0, 0.05) is 6.42 Å². The second kappa shape index (κ2) is 8.85. The molecule has 6 heteroatoms. The number of rotatable bonds is 7. The van der Waals surface area contributed by atoms with E-state index in [0.29, 0.717) is 17.7 Å². The molecule has 0 unspecified atom stereocenters. The van der Waals surface area contributed by atoms with Gasteiger partial charge in [0.15, 0.2) is 4.96 Å². The summed E-state index contributed by atoms with van der Waals surface area (Å²) in [6, 6.07) is 23.5. The standard InChI is InChI=1S/C26H22N2O3S/c1-18-7-11-20(12-8-18)30-15-4-16-31-21-13-9-19(10-14-21)17-24-25(29)28-23-6-3-2-5-22(23)27-26(28)32-24/h2-3,5-14,17H,4,15-16H2,1H3/b24-17-. The van der Waals surface area contributed by atoms with E-state index in [1.54, 1.807) is 4.40 Å². The Labute approximate surface area is 189 Å². The van der Waals surface area contributed by atoms with Crippen LogP contribution in [0.4, 0.5) is 0 Å². The van der Waals surface area contributed by atoms with Gasteiger partial charge < -0.3 is 9.47 Å². The Morgan fingerprint density at radius 2 is 1.56 bits per heavy atom. The van der Waals surface area contributed by atoms with E-state index in [1.807, 2.05) is 78.9 Å². The molecule has 3 aromatic carbocycles. The smallest absolute Gasteiger partial charge is 0.274 e. The third-order valence-corrected chi connectivity index (χ3v) is 6.14. The zero-order valence-corrected chi connectivity index (χ0v) is 18.5. The van der Waals surface area contributed by atoms with E-state index in [9.17, 15) is 4.79 Å². The fraction of sp³-hybridized carbons (Fsp3) is 0.154. The lowest BCUT2D eigenvalue weighted by Crippen LogP contribution is -2.22. The van der Waals surface area contributed by atoms with Gasteiger partial charge in [-0.15, -0.1) is 0 Å². The summed E-state index contributed by atoms with van der Waals surface area (Å²) in [5, 5.41) is 0. The van der Waals surface area contributed by atoms with E-state index >= 15 is 0 Å². The highest BCUT2D eigenvalue weighted by Gasteiger charge is 2.10. The molecule has 0 aliphatic heterocycles. The van der Waals surface area contributed by atoms with Crippen LogP contribution in [-0.2, 0) is 0 Å². The maximum absolute atomic E-state index is 12.9. The molecule has 2 heterocycles. The number of aromatic nitrogens is 2. The van der Waals surface area contributed by atoms with Crippen molar-refractivity contribution in [1.82, 2.24) is 9.38 Å². The zero-order valence-electron chi connectivity index (χ0n) is 17.7. The van der Waals surface area contributed by atoms with Crippen molar-refractivity contribution in [2.24, 2.45) is 0 Å².